The van der Waals surface area contributed by atoms with Crippen molar-refractivity contribution in [2.45, 2.75) is 64.4 Å². The van der Waals surface area contributed by atoms with E-state index < -0.39 is 11.0 Å². The zero-order valence-corrected chi connectivity index (χ0v) is 15.7. The fourth-order valence-corrected chi connectivity index (χ4v) is 7.01. The van der Waals surface area contributed by atoms with E-state index in [-0.39, 0.29) is 53.5 Å². The van der Waals surface area contributed by atoms with E-state index in [2.05, 4.69) is 6.92 Å². The SMILES string of the molecule is C[C@]12CCC(=O)C=C1CC[C@@H]1[C@@H]2C(=O)C[C@@]2(C)[C@H]1CC[C@]2(O)C(=O)CN. The lowest BCUT2D eigenvalue weighted by atomic mass is 9.46. The first-order chi connectivity index (χ1) is 12.2. The molecule has 0 aromatic carbocycles. The Morgan fingerprint density at radius 2 is 1.96 bits per heavy atom. The second kappa shape index (κ2) is 5.59. The number of allylic oxidation sites excluding steroid dienone is 1. The van der Waals surface area contributed by atoms with Gasteiger partial charge in [0.2, 0.25) is 0 Å². The molecular formula is C21H29NO4. The molecule has 0 aromatic rings. The predicted octanol–water partition coefficient (Wildman–Crippen LogP) is 1.96. The Balaban J connectivity index is 1.75. The topological polar surface area (TPSA) is 97.5 Å². The minimum atomic E-state index is -1.48. The smallest absolute Gasteiger partial charge is 0.178 e. The van der Waals surface area contributed by atoms with Crippen molar-refractivity contribution in [3.05, 3.63) is 11.6 Å². The lowest BCUT2D eigenvalue weighted by Gasteiger charge is -2.57. The number of ketones is 3. The van der Waals surface area contributed by atoms with Gasteiger partial charge in [-0.15, -0.1) is 0 Å². The molecule has 3 fully saturated rings. The number of Topliss-reactive ketones (excluding diaryl/α,β-unsaturated/α-hetero) is 2. The molecule has 3 saturated carbocycles. The monoisotopic (exact) mass is 359 g/mol. The van der Waals surface area contributed by atoms with Crippen molar-refractivity contribution in [3.8, 4) is 0 Å². The average molecular weight is 359 g/mol. The summed E-state index contributed by atoms with van der Waals surface area (Å²) in [7, 11) is 0. The van der Waals surface area contributed by atoms with Crippen molar-refractivity contribution in [1.82, 2.24) is 0 Å². The van der Waals surface area contributed by atoms with E-state index in [0.717, 1.165) is 31.3 Å². The van der Waals surface area contributed by atoms with Crippen LogP contribution >= 0.6 is 0 Å². The van der Waals surface area contributed by atoms with Gasteiger partial charge in [-0.1, -0.05) is 19.4 Å². The first kappa shape index (κ1) is 18.1. The minimum absolute atomic E-state index is 0.0935. The van der Waals surface area contributed by atoms with Gasteiger partial charge in [-0.05, 0) is 55.4 Å². The summed E-state index contributed by atoms with van der Waals surface area (Å²) in [6, 6.07) is 0. The van der Waals surface area contributed by atoms with Crippen LogP contribution < -0.4 is 5.73 Å². The number of nitrogens with two attached hydrogens (primary N) is 1. The van der Waals surface area contributed by atoms with Gasteiger partial charge in [-0.3, -0.25) is 14.4 Å². The van der Waals surface area contributed by atoms with E-state index in [1.807, 2.05) is 6.92 Å². The standard InChI is InChI=1S/C21H29NO4/c1-19-7-5-13(23)9-12(19)3-4-14-15-6-8-21(26,17(25)11-22)20(15,2)10-16(24)18(14)19/h9,14-15,18,26H,3-8,10-11,22H2,1-2H3/t14-,15-,18+,19-,20-,21-/m0/s1. The van der Waals surface area contributed by atoms with Gasteiger partial charge < -0.3 is 10.8 Å². The normalized spacial score (nSPS) is 47.7. The molecule has 5 heteroatoms. The summed E-state index contributed by atoms with van der Waals surface area (Å²) in [5.41, 5.74) is 4.27. The number of carbonyl (C=O) groups is 3. The van der Waals surface area contributed by atoms with Gasteiger partial charge in [0.15, 0.2) is 11.6 Å². The van der Waals surface area contributed by atoms with Gasteiger partial charge in [-0.2, -0.15) is 0 Å². The molecule has 3 N–H and O–H groups in total. The van der Waals surface area contributed by atoms with Crippen LogP contribution in [-0.2, 0) is 14.4 Å². The highest BCUT2D eigenvalue weighted by atomic mass is 16.3. The zero-order valence-electron chi connectivity index (χ0n) is 15.7. The van der Waals surface area contributed by atoms with Crippen LogP contribution in [0.3, 0.4) is 0 Å². The highest BCUT2D eigenvalue weighted by molar-refractivity contribution is 5.94. The molecule has 0 aromatic heterocycles. The third kappa shape index (κ3) is 2.07. The van der Waals surface area contributed by atoms with Crippen LogP contribution in [0.5, 0.6) is 0 Å². The summed E-state index contributed by atoms with van der Waals surface area (Å²) in [5, 5.41) is 11.2. The molecule has 0 spiro atoms. The molecule has 6 atom stereocenters. The molecule has 0 amide bonds. The van der Waals surface area contributed by atoms with Crippen molar-refractivity contribution < 1.29 is 19.5 Å². The molecule has 0 saturated heterocycles. The van der Waals surface area contributed by atoms with Crippen molar-refractivity contribution in [3.63, 3.8) is 0 Å². The van der Waals surface area contributed by atoms with Crippen LogP contribution in [0.4, 0.5) is 0 Å². The quantitative estimate of drug-likeness (QED) is 0.785. The highest BCUT2D eigenvalue weighted by Gasteiger charge is 2.68. The molecule has 4 aliphatic rings. The maximum atomic E-state index is 13.4. The van der Waals surface area contributed by atoms with Gasteiger partial charge in [0.05, 0.1) is 6.54 Å². The summed E-state index contributed by atoms with van der Waals surface area (Å²) in [5.74, 6) is 0.232. The third-order valence-electron chi connectivity index (χ3n) is 8.45. The summed E-state index contributed by atoms with van der Waals surface area (Å²) in [4.78, 5) is 37.7. The summed E-state index contributed by atoms with van der Waals surface area (Å²) in [6.45, 7) is 3.88. The summed E-state index contributed by atoms with van der Waals surface area (Å²) >= 11 is 0. The van der Waals surface area contributed by atoms with Crippen molar-refractivity contribution in [2.75, 3.05) is 6.54 Å². The number of fused-ring (bicyclic) bond motifs is 5. The van der Waals surface area contributed by atoms with Crippen molar-refractivity contribution in [1.29, 1.82) is 0 Å². The van der Waals surface area contributed by atoms with Crippen molar-refractivity contribution >= 4 is 17.3 Å². The number of hydrogen-bond donors (Lipinski definition) is 2. The highest BCUT2D eigenvalue weighted by Crippen LogP contribution is 2.66. The lowest BCUT2D eigenvalue weighted by Crippen LogP contribution is -2.61. The molecule has 142 valence electrons. The molecule has 0 aliphatic heterocycles. The Bertz CT molecular complexity index is 728. The van der Waals surface area contributed by atoms with E-state index in [1.54, 1.807) is 6.08 Å². The number of hydrogen-bond acceptors (Lipinski definition) is 5. The largest absolute Gasteiger partial charge is 0.381 e. The third-order valence-corrected chi connectivity index (χ3v) is 8.45. The first-order valence-electron chi connectivity index (χ1n) is 9.90. The fourth-order valence-electron chi connectivity index (χ4n) is 7.01. The maximum Gasteiger partial charge on any atom is 0.178 e. The Hall–Kier alpha value is -1.33. The Kier molecular flexibility index (Phi) is 3.88. The van der Waals surface area contributed by atoms with Crippen LogP contribution in [0, 0.1) is 28.6 Å². The van der Waals surface area contributed by atoms with E-state index in [1.165, 1.54) is 0 Å². The second-order valence-electron chi connectivity index (χ2n) is 9.43. The van der Waals surface area contributed by atoms with Crippen LogP contribution in [0.15, 0.2) is 11.6 Å². The Morgan fingerprint density at radius 3 is 2.65 bits per heavy atom. The van der Waals surface area contributed by atoms with Gasteiger partial charge in [0.25, 0.3) is 0 Å². The van der Waals surface area contributed by atoms with Gasteiger partial charge in [-0.25, -0.2) is 0 Å². The molecule has 0 radical (unpaired) electrons. The molecule has 4 aliphatic carbocycles. The summed E-state index contributed by atoms with van der Waals surface area (Å²) in [6.07, 6.45) is 6.13. The second-order valence-corrected chi connectivity index (χ2v) is 9.43. The van der Waals surface area contributed by atoms with Crippen LogP contribution in [0.1, 0.15) is 58.8 Å². The van der Waals surface area contributed by atoms with Gasteiger partial charge in [0, 0.05) is 24.2 Å². The van der Waals surface area contributed by atoms with Crippen LogP contribution in [-0.4, -0.2) is 34.6 Å². The molecule has 0 bridgehead atoms. The van der Waals surface area contributed by atoms with E-state index >= 15 is 0 Å². The number of rotatable bonds is 2. The molecule has 0 heterocycles. The zero-order chi connectivity index (χ0) is 18.9. The van der Waals surface area contributed by atoms with E-state index in [0.29, 0.717) is 12.8 Å². The van der Waals surface area contributed by atoms with Crippen molar-refractivity contribution in [2.24, 2.45) is 34.3 Å². The molecule has 4 rings (SSSR count). The minimum Gasteiger partial charge on any atom is -0.381 e. The van der Waals surface area contributed by atoms with Crippen LogP contribution in [0.25, 0.3) is 0 Å². The number of carbonyl (C=O) groups excluding carboxylic acids is 3. The maximum absolute atomic E-state index is 13.4. The van der Waals surface area contributed by atoms with E-state index in [9.17, 15) is 19.5 Å². The van der Waals surface area contributed by atoms with E-state index in [4.69, 9.17) is 5.73 Å². The first-order valence-corrected chi connectivity index (χ1v) is 9.90. The Morgan fingerprint density at radius 1 is 1.23 bits per heavy atom. The molecular weight excluding hydrogens is 330 g/mol. The summed E-state index contributed by atoms with van der Waals surface area (Å²) < 4.78 is 0. The molecule has 0 unspecified atom stereocenters. The molecule has 5 nitrogen and oxygen atoms in total. The average Bonchev–Trinajstić information content (AvgIpc) is 2.86. The lowest BCUT2D eigenvalue weighted by molar-refractivity contribution is -0.168. The van der Waals surface area contributed by atoms with Gasteiger partial charge in [0.1, 0.15) is 11.4 Å². The number of aliphatic hydroxyl groups is 1. The van der Waals surface area contributed by atoms with Gasteiger partial charge >= 0.3 is 0 Å². The fraction of sp³-hybridized carbons (Fsp3) is 0.762. The van der Waals surface area contributed by atoms with Crippen LogP contribution in [0.2, 0.25) is 0 Å². The molecule has 26 heavy (non-hydrogen) atoms. The predicted molar refractivity (Wildman–Crippen MR) is 96.1 cm³/mol. The Labute approximate surface area is 154 Å².